The summed E-state index contributed by atoms with van der Waals surface area (Å²) in [5.74, 6) is -1.46. The molecule has 2 atom stereocenters. The smallest absolute Gasteiger partial charge is 0.343 e. The molecular formula is C30H37NO8S. The third kappa shape index (κ3) is 9.87. The molecule has 0 radical (unpaired) electrons. The van der Waals surface area contributed by atoms with Gasteiger partial charge in [-0.05, 0) is 61.2 Å². The van der Waals surface area contributed by atoms with Crippen LogP contribution in [0.15, 0.2) is 72.8 Å². The molecule has 3 aromatic rings. The van der Waals surface area contributed by atoms with E-state index in [4.69, 9.17) is 24.5 Å². The van der Waals surface area contributed by atoms with Crippen LogP contribution in [-0.2, 0) is 14.3 Å². The molecule has 3 aromatic carbocycles. The van der Waals surface area contributed by atoms with Crippen molar-refractivity contribution in [2.24, 2.45) is 11.1 Å². The molecule has 0 amide bonds. The van der Waals surface area contributed by atoms with E-state index in [1.165, 1.54) is 18.2 Å². The van der Waals surface area contributed by atoms with Crippen LogP contribution < -0.4 is 15.2 Å². The van der Waals surface area contributed by atoms with Crippen molar-refractivity contribution in [3.05, 3.63) is 95.1 Å². The normalized spacial score (nSPS) is 12.9. The molecule has 0 fully saturated rings. The van der Waals surface area contributed by atoms with Crippen LogP contribution in [0.3, 0.4) is 0 Å². The van der Waals surface area contributed by atoms with Crippen molar-refractivity contribution in [1.29, 1.82) is 0 Å². The maximum Gasteiger partial charge on any atom is 0.343 e. The van der Waals surface area contributed by atoms with Crippen molar-refractivity contribution in [2.75, 3.05) is 12.9 Å². The number of rotatable bonds is 8. The maximum absolute atomic E-state index is 12.8. The van der Waals surface area contributed by atoms with Crippen LogP contribution in [0, 0.1) is 12.3 Å². The standard InChI is InChI=1S/C28H31NO7S.C2H6O/c1-18-11-13-20(14-12-18)27(31)34-22-16-15-21(24(36-37(5,32)33)25(29)28(2,3)4)17-23(22)35-26(30)19-9-7-6-8-10-19;1-2-3/h6-17,24-25H,29H2,1-5H3;3H,2H2,1H3. The summed E-state index contributed by atoms with van der Waals surface area (Å²) in [6.07, 6.45) is -0.158. The minimum atomic E-state index is -3.90. The van der Waals surface area contributed by atoms with Crippen LogP contribution in [0.2, 0.25) is 0 Å². The van der Waals surface area contributed by atoms with E-state index in [1.54, 1.807) is 61.5 Å². The fourth-order valence-corrected chi connectivity index (χ4v) is 4.02. The molecule has 3 N–H and O–H groups in total. The van der Waals surface area contributed by atoms with E-state index >= 15 is 0 Å². The maximum atomic E-state index is 12.8. The van der Waals surface area contributed by atoms with Crippen LogP contribution in [0.25, 0.3) is 0 Å². The quantitative estimate of drug-likeness (QED) is 0.221. The average molecular weight is 572 g/mol. The molecule has 0 saturated heterocycles. The Hall–Kier alpha value is -3.57. The summed E-state index contributed by atoms with van der Waals surface area (Å²) in [7, 11) is -3.90. The molecular weight excluding hydrogens is 534 g/mol. The second-order valence-electron chi connectivity index (χ2n) is 10.1. The number of carbonyl (C=O) groups is 2. The molecule has 0 aliphatic rings. The van der Waals surface area contributed by atoms with Gasteiger partial charge < -0.3 is 20.3 Å². The van der Waals surface area contributed by atoms with Gasteiger partial charge in [-0.25, -0.2) is 9.59 Å². The van der Waals surface area contributed by atoms with Crippen LogP contribution in [0.4, 0.5) is 0 Å². The predicted octanol–water partition coefficient (Wildman–Crippen LogP) is 4.82. The molecule has 40 heavy (non-hydrogen) atoms. The Morgan fingerprint density at radius 1 is 0.875 bits per heavy atom. The monoisotopic (exact) mass is 571 g/mol. The summed E-state index contributed by atoms with van der Waals surface area (Å²) in [5.41, 5.74) is 7.76. The number of benzene rings is 3. The van der Waals surface area contributed by atoms with Gasteiger partial charge in [-0.2, -0.15) is 8.42 Å². The topological polar surface area (TPSA) is 142 Å². The molecule has 0 heterocycles. The Bertz CT molecular complexity index is 1380. The van der Waals surface area contributed by atoms with Crippen molar-refractivity contribution in [3.8, 4) is 11.5 Å². The molecule has 9 nitrogen and oxygen atoms in total. The van der Waals surface area contributed by atoms with E-state index in [9.17, 15) is 18.0 Å². The highest BCUT2D eigenvalue weighted by Crippen LogP contribution is 2.37. The number of aliphatic hydroxyl groups excluding tert-OH is 1. The first-order chi connectivity index (χ1) is 18.7. The third-order valence-corrected chi connectivity index (χ3v) is 6.16. The molecule has 0 spiro atoms. The minimum absolute atomic E-state index is 0.0268. The molecule has 0 bridgehead atoms. The predicted molar refractivity (Wildman–Crippen MR) is 153 cm³/mol. The zero-order valence-corrected chi connectivity index (χ0v) is 24.4. The van der Waals surface area contributed by atoms with Gasteiger partial charge in [-0.3, -0.25) is 4.18 Å². The van der Waals surface area contributed by atoms with Crippen molar-refractivity contribution in [1.82, 2.24) is 0 Å². The molecule has 0 saturated carbocycles. The highest BCUT2D eigenvalue weighted by molar-refractivity contribution is 7.86. The van der Waals surface area contributed by atoms with Gasteiger partial charge in [-0.1, -0.05) is 62.7 Å². The van der Waals surface area contributed by atoms with Gasteiger partial charge >= 0.3 is 11.9 Å². The zero-order valence-electron chi connectivity index (χ0n) is 23.6. The van der Waals surface area contributed by atoms with Crippen LogP contribution in [0.5, 0.6) is 11.5 Å². The van der Waals surface area contributed by atoms with Crippen molar-refractivity contribution >= 4 is 22.1 Å². The molecule has 2 unspecified atom stereocenters. The number of hydrogen-bond acceptors (Lipinski definition) is 9. The van der Waals surface area contributed by atoms with E-state index < -0.39 is 39.6 Å². The zero-order chi connectivity index (χ0) is 30.1. The fourth-order valence-electron chi connectivity index (χ4n) is 3.41. The highest BCUT2D eigenvalue weighted by atomic mass is 32.2. The largest absolute Gasteiger partial charge is 0.419 e. The second-order valence-corrected chi connectivity index (χ2v) is 11.7. The molecule has 0 aromatic heterocycles. The first-order valence-corrected chi connectivity index (χ1v) is 14.4. The lowest BCUT2D eigenvalue weighted by molar-refractivity contribution is 0.0681. The lowest BCUT2D eigenvalue weighted by atomic mass is 9.82. The van der Waals surface area contributed by atoms with Gasteiger partial charge in [0.05, 0.1) is 17.4 Å². The van der Waals surface area contributed by atoms with Gasteiger partial charge in [0, 0.05) is 12.6 Å². The van der Waals surface area contributed by atoms with Crippen LogP contribution in [0.1, 0.15) is 65.6 Å². The van der Waals surface area contributed by atoms with Crippen LogP contribution in [-0.4, -0.2) is 44.4 Å². The van der Waals surface area contributed by atoms with Crippen molar-refractivity contribution < 1.29 is 36.8 Å². The third-order valence-electron chi connectivity index (χ3n) is 5.60. The molecule has 10 heteroatoms. The van der Waals surface area contributed by atoms with Gasteiger partial charge in [0.1, 0.15) is 6.10 Å². The fraction of sp³-hybridized carbons (Fsp3) is 0.333. The summed E-state index contributed by atoms with van der Waals surface area (Å²) in [6, 6.07) is 18.7. The summed E-state index contributed by atoms with van der Waals surface area (Å²) in [5, 5.41) is 7.57. The number of aryl methyl sites for hydroxylation is 1. The van der Waals surface area contributed by atoms with Gasteiger partial charge in [-0.15, -0.1) is 0 Å². The van der Waals surface area contributed by atoms with E-state index in [2.05, 4.69) is 0 Å². The summed E-state index contributed by atoms with van der Waals surface area (Å²) in [6.45, 7) is 9.38. The van der Waals surface area contributed by atoms with Crippen molar-refractivity contribution in [2.45, 2.75) is 46.8 Å². The number of hydrogen-bond donors (Lipinski definition) is 2. The first-order valence-electron chi connectivity index (χ1n) is 12.6. The highest BCUT2D eigenvalue weighted by Gasteiger charge is 2.34. The lowest BCUT2D eigenvalue weighted by Gasteiger charge is -2.33. The van der Waals surface area contributed by atoms with Crippen LogP contribution >= 0.6 is 0 Å². The Morgan fingerprint density at radius 2 is 1.38 bits per heavy atom. The first kappa shape index (κ1) is 32.6. The van der Waals surface area contributed by atoms with Gasteiger partial charge in [0.2, 0.25) is 0 Å². The van der Waals surface area contributed by atoms with Gasteiger partial charge in [0.25, 0.3) is 10.1 Å². The number of nitrogens with two attached hydrogens (primary N) is 1. The molecule has 216 valence electrons. The Labute approximate surface area is 236 Å². The average Bonchev–Trinajstić information content (AvgIpc) is 2.88. The van der Waals surface area contributed by atoms with E-state index in [0.29, 0.717) is 11.1 Å². The molecule has 3 rings (SSSR count). The summed E-state index contributed by atoms with van der Waals surface area (Å²) < 4.78 is 40.6. The number of esters is 2. The van der Waals surface area contributed by atoms with E-state index in [1.807, 2.05) is 27.7 Å². The van der Waals surface area contributed by atoms with Crippen molar-refractivity contribution in [3.63, 3.8) is 0 Å². The van der Waals surface area contributed by atoms with Gasteiger partial charge in [0.15, 0.2) is 11.5 Å². The van der Waals surface area contributed by atoms with E-state index in [0.717, 1.165) is 11.8 Å². The number of carbonyl (C=O) groups excluding carboxylic acids is 2. The number of aliphatic hydroxyl groups is 1. The Balaban J connectivity index is 0.00000178. The second kappa shape index (κ2) is 14.2. The Kier molecular flexibility index (Phi) is 11.6. The molecule has 0 aliphatic heterocycles. The molecule has 0 aliphatic carbocycles. The lowest BCUT2D eigenvalue weighted by Crippen LogP contribution is -2.42. The van der Waals surface area contributed by atoms with E-state index in [-0.39, 0.29) is 23.7 Å². The minimum Gasteiger partial charge on any atom is -0.419 e. The number of ether oxygens (including phenoxy) is 2. The summed E-state index contributed by atoms with van der Waals surface area (Å²) in [4.78, 5) is 25.6. The summed E-state index contributed by atoms with van der Waals surface area (Å²) >= 11 is 0. The SMILES string of the molecule is CCO.Cc1ccc(C(=O)Oc2ccc(C(OS(C)(=O)=O)C(N)C(C)(C)C)cc2OC(=O)c2ccccc2)cc1. The Morgan fingerprint density at radius 3 is 1.88 bits per heavy atom.